The van der Waals surface area contributed by atoms with Crippen molar-refractivity contribution in [2.75, 3.05) is 18.5 Å². The van der Waals surface area contributed by atoms with E-state index >= 15 is 0 Å². The first-order valence-corrected chi connectivity index (χ1v) is 6.90. The number of nitrogens with one attached hydrogen (secondary N) is 1. The molecule has 2 aromatic rings. The van der Waals surface area contributed by atoms with Crippen molar-refractivity contribution in [2.45, 2.75) is 20.0 Å². The standard InChI is InChI=1S/C16H19F2N3/c1-3-19-10-13-7-14(17)16(15(18)8-13)21(2)11-12-5-4-6-20-9-12/h4-9,19H,3,10-11H2,1-2H3. The lowest BCUT2D eigenvalue weighted by atomic mass is 10.1. The Kier molecular flexibility index (Phi) is 5.22. The number of benzene rings is 1. The van der Waals surface area contributed by atoms with Crippen molar-refractivity contribution in [1.82, 2.24) is 10.3 Å². The zero-order valence-electron chi connectivity index (χ0n) is 12.2. The van der Waals surface area contributed by atoms with Crippen LogP contribution in [0.1, 0.15) is 18.1 Å². The minimum Gasteiger partial charge on any atom is -0.365 e. The third-order valence-corrected chi connectivity index (χ3v) is 3.18. The predicted molar refractivity (Wildman–Crippen MR) is 80.1 cm³/mol. The van der Waals surface area contributed by atoms with Gasteiger partial charge in [-0.05, 0) is 35.9 Å². The van der Waals surface area contributed by atoms with E-state index in [0.717, 1.165) is 12.1 Å². The molecule has 0 saturated carbocycles. The maximum absolute atomic E-state index is 14.2. The van der Waals surface area contributed by atoms with Crippen LogP contribution in [0.2, 0.25) is 0 Å². The van der Waals surface area contributed by atoms with E-state index in [0.29, 0.717) is 18.7 Å². The molecule has 1 heterocycles. The van der Waals surface area contributed by atoms with Crippen LogP contribution in [0.15, 0.2) is 36.7 Å². The lowest BCUT2D eigenvalue weighted by Crippen LogP contribution is -2.20. The van der Waals surface area contributed by atoms with Crippen molar-refractivity contribution in [1.29, 1.82) is 0 Å². The molecule has 0 amide bonds. The Hall–Kier alpha value is -2.01. The van der Waals surface area contributed by atoms with Crippen molar-refractivity contribution in [2.24, 2.45) is 0 Å². The number of rotatable bonds is 6. The Bertz CT molecular complexity index is 564. The second kappa shape index (κ2) is 7.13. The van der Waals surface area contributed by atoms with Gasteiger partial charge in [0, 0.05) is 32.5 Å². The fraction of sp³-hybridized carbons (Fsp3) is 0.312. The Balaban J connectivity index is 2.19. The highest BCUT2D eigenvalue weighted by Gasteiger charge is 2.15. The van der Waals surface area contributed by atoms with Gasteiger partial charge in [0.05, 0.1) is 0 Å². The Labute approximate surface area is 123 Å². The lowest BCUT2D eigenvalue weighted by molar-refractivity contribution is 0.570. The van der Waals surface area contributed by atoms with E-state index in [-0.39, 0.29) is 5.69 Å². The summed E-state index contributed by atoms with van der Waals surface area (Å²) in [5.41, 5.74) is 1.49. The highest BCUT2D eigenvalue weighted by molar-refractivity contribution is 5.50. The maximum atomic E-state index is 14.2. The van der Waals surface area contributed by atoms with Crippen molar-refractivity contribution in [3.8, 4) is 0 Å². The molecule has 0 radical (unpaired) electrons. The molecule has 3 nitrogen and oxygen atoms in total. The molecule has 0 aliphatic carbocycles. The van der Waals surface area contributed by atoms with E-state index in [2.05, 4.69) is 10.3 Å². The van der Waals surface area contributed by atoms with Crippen molar-refractivity contribution >= 4 is 5.69 Å². The fourth-order valence-electron chi connectivity index (χ4n) is 2.20. The summed E-state index contributed by atoms with van der Waals surface area (Å²) in [6.07, 6.45) is 3.35. The first-order valence-electron chi connectivity index (χ1n) is 6.90. The van der Waals surface area contributed by atoms with Gasteiger partial charge < -0.3 is 10.2 Å². The van der Waals surface area contributed by atoms with Crippen LogP contribution in [-0.2, 0) is 13.1 Å². The normalized spacial score (nSPS) is 10.7. The van der Waals surface area contributed by atoms with Crippen molar-refractivity contribution in [3.63, 3.8) is 0 Å². The van der Waals surface area contributed by atoms with Crippen LogP contribution in [0.25, 0.3) is 0 Å². The number of nitrogens with zero attached hydrogens (tertiary/aromatic N) is 2. The molecule has 1 N–H and O–H groups in total. The number of anilines is 1. The first-order chi connectivity index (χ1) is 10.1. The summed E-state index contributed by atoms with van der Waals surface area (Å²) in [4.78, 5) is 5.56. The molecule has 1 aromatic carbocycles. The molecular formula is C16H19F2N3. The monoisotopic (exact) mass is 291 g/mol. The van der Waals surface area contributed by atoms with Crippen LogP contribution in [-0.4, -0.2) is 18.6 Å². The minimum atomic E-state index is -0.547. The van der Waals surface area contributed by atoms with Gasteiger partial charge in [0.2, 0.25) is 0 Å². The quantitative estimate of drug-likeness (QED) is 0.886. The zero-order valence-corrected chi connectivity index (χ0v) is 12.2. The van der Waals surface area contributed by atoms with Crippen molar-refractivity contribution < 1.29 is 8.78 Å². The summed E-state index contributed by atoms with van der Waals surface area (Å²) in [5.74, 6) is -1.09. The molecule has 0 unspecified atom stereocenters. The fourth-order valence-corrected chi connectivity index (χ4v) is 2.20. The molecule has 1 aromatic heterocycles. The first kappa shape index (κ1) is 15.4. The van der Waals surface area contributed by atoms with Gasteiger partial charge in [-0.3, -0.25) is 4.98 Å². The molecule has 21 heavy (non-hydrogen) atoms. The molecule has 0 saturated heterocycles. The zero-order chi connectivity index (χ0) is 15.2. The number of aromatic nitrogens is 1. The number of hydrogen-bond donors (Lipinski definition) is 1. The third kappa shape index (κ3) is 3.98. The highest BCUT2D eigenvalue weighted by Crippen LogP contribution is 2.25. The van der Waals surface area contributed by atoms with Crippen LogP contribution in [0.3, 0.4) is 0 Å². The van der Waals surface area contributed by atoms with Crippen LogP contribution < -0.4 is 10.2 Å². The SMILES string of the molecule is CCNCc1cc(F)c(N(C)Cc2cccnc2)c(F)c1. The van der Waals surface area contributed by atoms with Crippen LogP contribution in [0.5, 0.6) is 0 Å². The topological polar surface area (TPSA) is 28.2 Å². The second-order valence-corrected chi connectivity index (χ2v) is 4.91. The van der Waals surface area contributed by atoms with Gasteiger partial charge in [-0.1, -0.05) is 13.0 Å². The molecular weight excluding hydrogens is 272 g/mol. The van der Waals surface area contributed by atoms with Gasteiger partial charge in [-0.15, -0.1) is 0 Å². The molecule has 0 aliphatic rings. The largest absolute Gasteiger partial charge is 0.365 e. The highest BCUT2D eigenvalue weighted by atomic mass is 19.1. The molecule has 2 rings (SSSR count). The number of halogens is 2. The molecule has 0 bridgehead atoms. The van der Waals surface area contributed by atoms with Crippen LogP contribution >= 0.6 is 0 Å². The summed E-state index contributed by atoms with van der Waals surface area (Å²) >= 11 is 0. The predicted octanol–water partition coefficient (Wildman–Crippen LogP) is 3.11. The maximum Gasteiger partial charge on any atom is 0.149 e. The molecule has 0 fully saturated rings. The van der Waals surface area contributed by atoms with E-state index in [1.807, 2.05) is 13.0 Å². The van der Waals surface area contributed by atoms with Gasteiger partial charge in [0.15, 0.2) is 0 Å². The van der Waals surface area contributed by atoms with E-state index < -0.39 is 11.6 Å². The minimum absolute atomic E-state index is 0.0147. The van der Waals surface area contributed by atoms with Crippen LogP contribution in [0.4, 0.5) is 14.5 Å². The second-order valence-electron chi connectivity index (χ2n) is 4.91. The van der Waals surface area contributed by atoms with Gasteiger partial charge in [-0.25, -0.2) is 8.78 Å². The van der Waals surface area contributed by atoms with Gasteiger partial charge in [0.1, 0.15) is 17.3 Å². The van der Waals surface area contributed by atoms with Gasteiger partial charge >= 0.3 is 0 Å². The number of pyridine rings is 1. The van der Waals surface area contributed by atoms with E-state index in [4.69, 9.17) is 0 Å². The summed E-state index contributed by atoms with van der Waals surface area (Å²) in [5, 5.41) is 3.05. The summed E-state index contributed by atoms with van der Waals surface area (Å²) in [6.45, 7) is 3.56. The lowest BCUT2D eigenvalue weighted by Gasteiger charge is -2.21. The Morgan fingerprint density at radius 2 is 1.90 bits per heavy atom. The Morgan fingerprint density at radius 3 is 2.48 bits per heavy atom. The smallest absolute Gasteiger partial charge is 0.149 e. The van der Waals surface area contributed by atoms with Gasteiger partial charge in [0.25, 0.3) is 0 Å². The average molecular weight is 291 g/mol. The molecule has 5 heteroatoms. The van der Waals surface area contributed by atoms with Gasteiger partial charge in [-0.2, -0.15) is 0 Å². The molecule has 0 aliphatic heterocycles. The van der Waals surface area contributed by atoms with E-state index in [1.54, 1.807) is 30.4 Å². The molecule has 112 valence electrons. The van der Waals surface area contributed by atoms with Crippen LogP contribution in [0, 0.1) is 11.6 Å². The summed E-state index contributed by atoms with van der Waals surface area (Å²) in [6, 6.07) is 6.43. The van der Waals surface area contributed by atoms with Crippen molar-refractivity contribution in [3.05, 3.63) is 59.4 Å². The Morgan fingerprint density at radius 1 is 1.19 bits per heavy atom. The van der Waals surface area contributed by atoms with E-state index in [9.17, 15) is 8.78 Å². The average Bonchev–Trinajstić information content (AvgIpc) is 2.45. The summed E-state index contributed by atoms with van der Waals surface area (Å²) < 4.78 is 28.3. The molecule has 0 spiro atoms. The summed E-state index contributed by atoms with van der Waals surface area (Å²) in [7, 11) is 1.67. The molecule has 0 atom stereocenters. The van der Waals surface area contributed by atoms with E-state index in [1.165, 1.54) is 12.1 Å². The third-order valence-electron chi connectivity index (χ3n) is 3.18. The number of hydrogen-bond acceptors (Lipinski definition) is 3.